The van der Waals surface area contributed by atoms with Crippen molar-refractivity contribution in [1.29, 1.82) is 0 Å². The molecule has 3 fully saturated rings. The van der Waals surface area contributed by atoms with Gasteiger partial charge in [0, 0.05) is 27.9 Å². The normalized spacial score (nSPS) is 21.3. The highest BCUT2D eigenvalue weighted by Gasteiger charge is 2.45. The number of rotatable bonds is 13. The maximum Gasteiger partial charge on any atom is 0.417 e. The first-order chi connectivity index (χ1) is 22.7. The van der Waals surface area contributed by atoms with Crippen LogP contribution in [-0.2, 0) is 25.5 Å². The van der Waals surface area contributed by atoms with Crippen molar-refractivity contribution in [2.75, 3.05) is 0 Å². The minimum Gasteiger partial charge on any atom is -0.440 e. The van der Waals surface area contributed by atoms with Crippen LogP contribution in [0.25, 0.3) is 0 Å². The first-order valence-electron chi connectivity index (χ1n) is 16.9. The summed E-state index contributed by atoms with van der Waals surface area (Å²) in [4.78, 5) is 52.0. The lowest BCUT2D eigenvalue weighted by atomic mass is 9.78. The smallest absolute Gasteiger partial charge is 0.417 e. The number of hydrogen-bond acceptors (Lipinski definition) is 6. The second-order valence-electron chi connectivity index (χ2n) is 13.4. The molecule has 3 N–H and O–H groups in total. The number of benzene rings is 2. The van der Waals surface area contributed by atoms with Crippen LogP contribution in [0, 0.1) is 11.8 Å². The Labute approximate surface area is 292 Å². The third-order valence-electron chi connectivity index (χ3n) is 9.87. The molecule has 2 aliphatic carbocycles. The van der Waals surface area contributed by atoms with E-state index in [1.807, 2.05) is 24.3 Å². The third-order valence-corrected chi connectivity index (χ3v) is 11.3. The molecule has 2 aromatic rings. The minimum atomic E-state index is -0.789. The van der Waals surface area contributed by atoms with Crippen LogP contribution in [-0.4, -0.2) is 41.0 Å². The molecule has 3 aliphatic rings. The van der Waals surface area contributed by atoms with Gasteiger partial charge in [0.05, 0.1) is 6.04 Å². The second-order valence-corrected chi connectivity index (χ2v) is 15.3. The summed E-state index contributed by atoms with van der Waals surface area (Å²) in [5, 5.41) is 6.59. The van der Waals surface area contributed by atoms with Gasteiger partial charge in [0.15, 0.2) is 0 Å². The number of amides is 3. The number of nitrogens with one attached hydrogen (secondary N) is 3. The van der Waals surface area contributed by atoms with Gasteiger partial charge in [0.2, 0.25) is 11.8 Å². The summed E-state index contributed by atoms with van der Waals surface area (Å²) in [6.07, 6.45) is 12.0. The lowest BCUT2D eigenvalue weighted by molar-refractivity contribution is -0.126. The Kier molecular flexibility index (Phi) is 12.9. The number of halogens is 2. The van der Waals surface area contributed by atoms with Crippen molar-refractivity contribution in [2.45, 2.75) is 113 Å². The van der Waals surface area contributed by atoms with Gasteiger partial charge in [-0.15, -0.1) is 0 Å². The van der Waals surface area contributed by atoms with Crippen LogP contribution < -0.4 is 15.4 Å². The van der Waals surface area contributed by atoms with Crippen LogP contribution in [0.4, 0.5) is 4.79 Å². The predicted octanol–water partition coefficient (Wildman–Crippen LogP) is 7.90. The predicted molar refractivity (Wildman–Crippen MR) is 186 cm³/mol. The quantitative estimate of drug-likeness (QED) is 0.145. The Morgan fingerprint density at radius 2 is 1.68 bits per heavy atom. The first kappa shape index (κ1) is 35.6. The van der Waals surface area contributed by atoms with Crippen molar-refractivity contribution in [3.63, 3.8) is 0 Å². The van der Waals surface area contributed by atoms with Crippen molar-refractivity contribution in [3.8, 4) is 0 Å². The van der Waals surface area contributed by atoms with Gasteiger partial charge in [-0.25, -0.2) is 4.79 Å². The molecule has 2 aromatic carbocycles. The molecule has 1 aliphatic heterocycles. The summed E-state index contributed by atoms with van der Waals surface area (Å²) >= 11 is 13.5. The summed E-state index contributed by atoms with van der Waals surface area (Å²) in [6.45, 7) is 0. The Balaban J connectivity index is 1.22. The Morgan fingerprint density at radius 3 is 2.38 bits per heavy atom. The molecule has 3 unspecified atom stereocenters. The van der Waals surface area contributed by atoms with Gasteiger partial charge in [-0.3, -0.25) is 14.3 Å². The molecule has 1 saturated heterocycles. The van der Waals surface area contributed by atoms with E-state index in [1.165, 1.54) is 12.8 Å². The molecule has 11 heteroatoms. The Morgan fingerprint density at radius 1 is 0.979 bits per heavy atom. The van der Waals surface area contributed by atoms with Crippen LogP contribution in [0.1, 0.15) is 101 Å². The van der Waals surface area contributed by atoms with Crippen molar-refractivity contribution in [2.24, 2.45) is 11.8 Å². The molecule has 1 heterocycles. The van der Waals surface area contributed by atoms with Crippen molar-refractivity contribution >= 4 is 59.3 Å². The molecule has 0 radical (unpaired) electrons. The van der Waals surface area contributed by atoms with Crippen molar-refractivity contribution in [1.82, 2.24) is 15.4 Å². The van der Waals surface area contributed by atoms with E-state index >= 15 is 0 Å². The molecule has 8 nitrogen and oxygen atoms in total. The maximum absolute atomic E-state index is 13.7. The van der Waals surface area contributed by atoms with Gasteiger partial charge >= 0.3 is 6.09 Å². The average molecular weight is 703 g/mol. The fraction of sp³-hybridized carbons (Fsp3) is 0.556. The van der Waals surface area contributed by atoms with Crippen LogP contribution in [0.15, 0.2) is 48.5 Å². The van der Waals surface area contributed by atoms with E-state index in [1.54, 1.807) is 24.3 Å². The largest absolute Gasteiger partial charge is 0.440 e. The molecule has 2 saturated carbocycles. The highest BCUT2D eigenvalue weighted by atomic mass is 35.5. The molecule has 3 amide bonds. The van der Waals surface area contributed by atoms with Gasteiger partial charge in [-0.05, 0) is 85.4 Å². The molecular weight excluding hydrogens is 657 g/mol. The number of aldehydes is 1. The lowest BCUT2D eigenvalue weighted by Crippen LogP contribution is -2.44. The topological polar surface area (TPSA) is 114 Å². The molecule has 5 rings (SSSR count). The molecular formula is C36H45Cl2N3O5S. The molecule has 47 heavy (non-hydrogen) atoms. The standard InChI is InChI=1S/C36H45Cl2N3O5S/c37-28-13-7-11-25(17-28)18-31(26-12-8-14-29(38)20-26)46-35(45)41-47-32(19-24-9-3-1-4-10-24)34(44)39-30(23-42)21-27-22-36(40-33(27)43)15-5-2-6-16-36/h7-8,11-14,17,20,23-24,27,30-32H,1-6,9-10,15-16,18-19,21-22H2,(H,39,44)(H,40,43)(H,41,45)/t27?,30?,31?,32-/m0/s1. The molecule has 254 valence electrons. The highest BCUT2D eigenvalue weighted by Crippen LogP contribution is 2.39. The lowest BCUT2D eigenvalue weighted by Gasteiger charge is -2.33. The van der Waals surface area contributed by atoms with E-state index in [4.69, 9.17) is 27.9 Å². The summed E-state index contributed by atoms with van der Waals surface area (Å²) in [5.74, 6) is -0.330. The van der Waals surface area contributed by atoms with E-state index in [0.717, 1.165) is 80.7 Å². The van der Waals surface area contributed by atoms with E-state index in [-0.39, 0.29) is 29.7 Å². The van der Waals surface area contributed by atoms with Crippen molar-refractivity contribution < 1.29 is 23.9 Å². The van der Waals surface area contributed by atoms with Crippen LogP contribution in [0.3, 0.4) is 0 Å². The van der Waals surface area contributed by atoms with Gasteiger partial charge in [0.25, 0.3) is 0 Å². The van der Waals surface area contributed by atoms with Gasteiger partial charge in [-0.1, -0.05) is 98.8 Å². The minimum absolute atomic E-state index is 0.0300. The Bertz CT molecular complexity index is 1400. The molecule has 0 bridgehead atoms. The Hall–Kier alpha value is -2.75. The van der Waals surface area contributed by atoms with Crippen molar-refractivity contribution in [3.05, 3.63) is 69.7 Å². The molecule has 0 aromatic heterocycles. The summed E-state index contributed by atoms with van der Waals surface area (Å²) in [5.41, 5.74) is 1.45. The zero-order valence-corrected chi connectivity index (χ0v) is 29.0. The first-order valence-corrected chi connectivity index (χ1v) is 18.6. The number of carbonyl (C=O) groups excluding carboxylic acids is 4. The van der Waals surface area contributed by atoms with Gasteiger partial charge in [0.1, 0.15) is 17.6 Å². The number of ether oxygens (including phenoxy) is 1. The zero-order chi connectivity index (χ0) is 33.2. The summed E-state index contributed by atoms with van der Waals surface area (Å²) < 4.78 is 8.67. The monoisotopic (exact) mass is 701 g/mol. The van der Waals surface area contributed by atoms with Gasteiger partial charge in [-0.2, -0.15) is 0 Å². The van der Waals surface area contributed by atoms with E-state index in [0.29, 0.717) is 35.2 Å². The van der Waals surface area contributed by atoms with E-state index in [9.17, 15) is 19.2 Å². The van der Waals surface area contributed by atoms with Crippen LogP contribution in [0.5, 0.6) is 0 Å². The zero-order valence-electron chi connectivity index (χ0n) is 26.7. The fourth-order valence-electron chi connectivity index (χ4n) is 7.48. The number of carbonyl (C=O) groups is 4. The second kappa shape index (κ2) is 17.1. The SMILES string of the molecule is O=CC(CC1CC2(CCCCC2)NC1=O)NC(=O)[C@H](CC1CCCCC1)SNC(=O)OC(Cc1cccc(Cl)c1)c1cccc(Cl)c1. The highest BCUT2D eigenvalue weighted by molar-refractivity contribution is 7.99. The summed E-state index contributed by atoms with van der Waals surface area (Å²) in [6, 6.07) is 13.7. The van der Waals surface area contributed by atoms with Crippen LogP contribution in [0.2, 0.25) is 10.0 Å². The van der Waals surface area contributed by atoms with E-state index in [2.05, 4.69) is 15.4 Å². The molecule has 1 spiro atoms. The summed E-state index contributed by atoms with van der Waals surface area (Å²) in [7, 11) is 0. The molecule has 4 atom stereocenters. The van der Waals surface area contributed by atoms with Crippen LogP contribution >= 0.6 is 35.1 Å². The average Bonchev–Trinajstić information content (AvgIpc) is 3.35. The number of hydrogen-bond donors (Lipinski definition) is 3. The third kappa shape index (κ3) is 10.4. The van der Waals surface area contributed by atoms with Gasteiger partial charge < -0.3 is 20.2 Å². The fourth-order valence-corrected chi connectivity index (χ4v) is 8.72. The van der Waals surface area contributed by atoms with E-state index < -0.39 is 23.5 Å². The maximum atomic E-state index is 13.7.